The molecule has 0 unspecified atom stereocenters. The molecule has 2 N–H and O–H groups in total. The van der Waals surface area contributed by atoms with Crippen LogP contribution >= 0.6 is 0 Å². The van der Waals surface area contributed by atoms with E-state index >= 15 is 0 Å². The largest absolute Gasteiger partial charge is 0.411 e. The predicted octanol–water partition coefficient (Wildman–Crippen LogP) is 3.91. The third-order valence-electron chi connectivity index (χ3n) is 3.28. The van der Waals surface area contributed by atoms with Crippen molar-refractivity contribution in [1.82, 2.24) is 0 Å². The van der Waals surface area contributed by atoms with E-state index in [1.165, 1.54) is 0 Å². The van der Waals surface area contributed by atoms with Crippen LogP contribution in [0.15, 0.2) is 71.0 Å². The van der Waals surface area contributed by atoms with E-state index in [1.807, 2.05) is 60.7 Å². The molecule has 0 saturated carbocycles. The van der Waals surface area contributed by atoms with Crippen LogP contribution in [0.5, 0.6) is 0 Å². The van der Waals surface area contributed by atoms with Crippen LogP contribution in [0, 0.1) is 0 Å². The predicted molar refractivity (Wildman–Crippen MR) is 83.4 cm³/mol. The second kappa shape index (κ2) is 7.85. The van der Waals surface area contributed by atoms with Crippen molar-refractivity contribution in [3.8, 4) is 0 Å². The van der Waals surface area contributed by atoms with Crippen LogP contribution in [0.1, 0.15) is 30.4 Å². The highest BCUT2D eigenvalue weighted by Gasteiger charge is 2.07. The number of oxime groups is 2. The third-order valence-corrected chi connectivity index (χ3v) is 3.28. The fourth-order valence-electron chi connectivity index (χ4n) is 2.19. The summed E-state index contributed by atoms with van der Waals surface area (Å²) in [6.07, 6.45) is 1.97. The van der Waals surface area contributed by atoms with Gasteiger partial charge < -0.3 is 10.4 Å². The second-order valence-corrected chi connectivity index (χ2v) is 4.68. The molecule has 0 aliphatic rings. The first-order valence-corrected chi connectivity index (χ1v) is 6.88. The number of nitrogens with zero attached hydrogens (tertiary/aromatic N) is 2. The van der Waals surface area contributed by atoms with E-state index in [2.05, 4.69) is 10.3 Å². The molecule has 21 heavy (non-hydrogen) atoms. The summed E-state index contributed by atoms with van der Waals surface area (Å²) in [5.74, 6) is 0. The maximum Gasteiger partial charge on any atom is 0.0867 e. The molecule has 108 valence electrons. The highest BCUT2D eigenvalue weighted by Crippen LogP contribution is 2.12. The zero-order valence-corrected chi connectivity index (χ0v) is 11.7. The Kier molecular flexibility index (Phi) is 5.52. The minimum atomic E-state index is 0.617. The van der Waals surface area contributed by atoms with Crippen LogP contribution in [-0.2, 0) is 0 Å². The van der Waals surface area contributed by atoms with Crippen molar-refractivity contribution in [2.75, 3.05) is 0 Å². The van der Waals surface area contributed by atoms with Crippen molar-refractivity contribution < 1.29 is 10.4 Å². The molecule has 0 radical (unpaired) electrons. The molecule has 2 aromatic carbocycles. The molecule has 0 spiro atoms. The van der Waals surface area contributed by atoms with Crippen LogP contribution in [0.4, 0.5) is 0 Å². The van der Waals surface area contributed by atoms with Gasteiger partial charge in [-0.2, -0.15) is 0 Å². The quantitative estimate of drug-likeness (QED) is 0.479. The Hall–Kier alpha value is -2.62. The molecule has 0 saturated heterocycles. The Morgan fingerprint density at radius 3 is 1.38 bits per heavy atom. The van der Waals surface area contributed by atoms with Gasteiger partial charge in [-0.1, -0.05) is 71.0 Å². The van der Waals surface area contributed by atoms with E-state index in [0.29, 0.717) is 24.3 Å². The minimum Gasteiger partial charge on any atom is -0.411 e. The molecule has 0 aliphatic heterocycles. The van der Waals surface area contributed by atoms with Gasteiger partial charge in [0, 0.05) is 0 Å². The van der Waals surface area contributed by atoms with Gasteiger partial charge in [-0.25, -0.2) is 0 Å². The first-order chi connectivity index (χ1) is 10.3. The van der Waals surface area contributed by atoms with Gasteiger partial charge in [0.25, 0.3) is 0 Å². The highest BCUT2D eigenvalue weighted by molar-refractivity contribution is 6.02. The molecule has 4 nitrogen and oxygen atoms in total. The van der Waals surface area contributed by atoms with E-state index in [1.54, 1.807) is 0 Å². The van der Waals surface area contributed by atoms with Crippen LogP contribution in [-0.4, -0.2) is 21.8 Å². The molecule has 0 heterocycles. The second-order valence-electron chi connectivity index (χ2n) is 4.68. The Morgan fingerprint density at radius 1 is 0.667 bits per heavy atom. The Bertz CT molecular complexity index is 552. The van der Waals surface area contributed by atoms with Crippen molar-refractivity contribution >= 4 is 11.4 Å². The summed E-state index contributed by atoms with van der Waals surface area (Å²) < 4.78 is 0. The van der Waals surface area contributed by atoms with Crippen molar-refractivity contribution in [3.05, 3.63) is 71.8 Å². The normalized spacial score (nSPS) is 12.4. The van der Waals surface area contributed by atoms with E-state index in [0.717, 1.165) is 17.5 Å². The summed E-state index contributed by atoms with van der Waals surface area (Å²) in [5, 5.41) is 25.0. The van der Waals surface area contributed by atoms with Gasteiger partial charge in [-0.3, -0.25) is 0 Å². The number of rotatable bonds is 6. The van der Waals surface area contributed by atoms with Crippen molar-refractivity contribution in [3.63, 3.8) is 0 Å². The van der Waals surface area contributed by atoms with Crippen LogP contribution < -0.4 is 0 Å². The fraction of sp³-hybridized carbons (Fsp3) is 0.176. The lowest BCUT2D eigenvalue weighted by molar-refractivity contribution is 0.317. The van der Waals surface area contributed by atoms with E-state index in [4.69, 9.17) is 10.4 Å². The SMILES string of the molecule is O/N=C(/CCC/C(=N\O)c1ccccc1)c1ccccc1. The Balaban J connectivity index is 1.94. The van der Waals surface area contributed by atoms with Gasteiger partial charge in [0.15, 0.2) is 0 Å². The molecule has 0 aromatic heterocycles. The summed E-state index contributed by atoms with van der Waals surface area (Å²) in [7, 11) is 0. The lowest BCUT2D eigenvalue weighted by atomic mass is 10.0. The van der Waals surface area contributed by atoms with Gasteiger partial charge in [-0.05, 0) is 30.4 Å². The first kappa shape index (κ1) is 14.8. The zero-order chi connectivity index (χ0) is 14.9. The lowest BCUT2D eigenvalue weighted by Crippen LogP contribution is -2.05. The highest BCUT2D eigenvalue weighted by atomic mass is 16.4. The maximum absolute atomic E-state index is 9.13. The molecular weight excluding hydrogens is 264 g/mol. The summed E-state index contributed by atoms with van der Waals surface area (Å²) >= 11 is 0. The van der Waals surface area contributed by atoms with Gasteiger partial charge in [0.1, 0.15) is 0 Å². The monoisotopic (exact) mass is 282 g/mol. The molecule has 0 bridgehead atoms. The molecule has 2 aromatic rings. The van der Waals surface area contributed by atoms with Gasteiger partial charge >= 0.3 is 0 Å². The molecule has 0 aliphatic carbocycles. The van der Waals surface area contributed by atoms with Crippen molar-refractivity contribution in [2.45, 2.75) is 19.3 Å². The van der Waals surface area contributed by atoms with Gasteiger partial charge in [0.05, 0.1) is 11.4 Å². The zero-order valence-electron chi connectivity index (χ0n) is 11.7. The molecular formula is C17H18N2O2. The first-order valence-electron chi connectivity index (χ1n) is 6.88. The van der Waals surface area contributed by atoms with E-state index in [9.17, 15) is 0 Å². The minimum absolute atomic E-state index is 0.617. The van der Waals surface area contributed by atoms with Crippen LogP contribution in [0.3, 0.4) is 0 Å². The van der Waals surface area contributed by atoms with E-state index in [-0.39, 0.29) is 0 Å². The summed E-state index contributed by atoms with van der Waals surface area (Å²) in [4.78, 5) is 0. The smallest absolute Gasteiger partial charge is 0.0867 e. The Morgan fingerprint density at radius 2 is 1.05 bits per heavy atom. The maximum atomic E-state index is 9.13. The van der Waals surface area contributed by atoms with E-state index < -0.39 is 0 Å². The summed E-state index contributed by atoms with van der Waals surface area (Å²) in [5.41, 5.74) is 3.09. The van der Waals surface area contributed by atoms with Crippen molar-refractivity contribution in [1.29, 1.82) is 0 Å². The molecule has 4 heteroatoms. The summed E-state index contributed by atoms with van der Waals surface area (Å²) in [6.45, 7) is 0. The fourth-order valence-corrected chi connectivity index (χ4v) is 2.19. The van der Waals surface area contributed by atoms with Gasteiger partial charge in [-0.15, -0.1) is 0 Å². The molecule has 0 fully saturated rings. The molecule has 0 atom stereocenters. The molecule has 0 amide bonds. The average Bonchev–Trinajstić information content (AvgIpc) is 2.57. The number of hydrogen-bond acceptors (Lipinski definition) is 4. The van der Waals surface area contributed by atoms with Crippen molar-refractivity contribution in [2.24, 2.45) is 10.3 Å². The number of benzene rings is 2. The van der Waals surface area contributed by atoms with Gasteiger partial charge in [0.2, 0.25) is 0 Å². The third kappa shape index (κ3) is 4.18. The molecule has 2 rings (SSSR count). The van der Waals surface area contributed by atoms with Crippen LogP contribution in [0.2, 0.25) is 0 Å². The standard InChI is InChI=1S/C17H18N2O2/c20-18-16(14-8-3-1-4-9-14)12-7-13-17(19-21)15-10-5-2-6-11-15/h1-6,8-11,20-21H,7,12-13H2/b18-16-,19-17+. The topological polar surface area (TPSA) is 65.2 Å². The lowest BCUT2D eigenvalue weighted by Gasteiger charge is -2.06. The van der Waals surface area contributed by atoms with Crippen LogP contribution in [0.25, 0.3) is 0 Å². The Labute approximate surface area is 124 Å². The average molecular weight is 282 g/mol. The summed E-state index contributed by atoms with van der Waals surface area (Å²) in [6, 6.07) is 19.1. The number of hydrogen-bond donors (Lipinski definition) is 2.